The first kappa shape index (κ1) is 17.9. The van der Waals surface area contributed by atoms with Crippen LogP contribution in [0.5, 0.6) is 0 Å². The highest BCUT2D eigenvalue weighted by molar-refractivity contribution is 7.10. The van der Waals surface area contributed by atoms with Crippen molar-refractivity contribution in [3.8, 4) is 0 Å². The van der Waals surface area contributed by atoms with Crippen LogP contribution in [0.25, 0.3) is 0 Å². The predicted molar refractivity (Wildman–Crippen MR) is 101 cm³/mol. The van der Waals surface area contributed by atoms with Gasteiger partial charge in [0, 0.05) is 11.3 Å². The molecule has 1 amide bonds. The Hall–Kier alpha value is -1.92. The average molecular weight is 359 g/mol. The number of amides is 1. The molecule has 1 aliphatic heterocycles. The number of unbranched alkanes of at least 4 members (excludes halogenated alkanes) is 1. The van der Waals surface area contributed by atoms with Gasteiger partial charge in [-0.2, -0.15) is 5.10 Å². The summed E-state index contributed by atoms with van der Waals surface area (Å²) in [6.45, 7) is 6.50. The molecule has 0 aromatic carbocycles. The van der Waals surface area contributed by atoms with Crippen molar-refractivity contribution in [1.82, 2.24) is 9.91 Å². The van der Waals surface area contributed by atoms with Crippen molar-refractivity contribution in [2.45, 2.75) is 39.2 Å². The fraction of sp³-hybridized carbons (Fsp3) is 0.474. The van der Waals surface area contributed by atoms with Gasteiger partial charge in [-0.25, -0.2) is 5.01 Å². The number of likely N-dealkylation sites (N-methyl/N-ethyl adjacent to an activating group) is 1. The summed E-state index contributed by atoms with van der Waals surface area (Å²) >= 11 is 1.67. The molecule has 0 saturated heterocycles. The van der Waals surface area contributed by atoms with E-state index >= 15 is 0 Å². The van der Waals surface area contributed by atoms with Gasteiger partial charge < -0.3 is 4.42 Å². The number of hydrazone groups is 1. The molecule has 5 nitrogen and oxygen atoms in total. The van der Waals surface area contributed by atoms with Crippen molar-refractivity contribution in [3.63, 3.8) is 0 Å². The van der Waals surface area contributed by atoms with Gasteiger partial charge in [-0.05, 0) is 43.1 Å². The fourth-order valence-electron chi connectivity index (χ4n) is 3.03. The van der Waals surface area contributed by atoms with E-state index in [2.05, 4.69) is 29.9 Å². The molecule has 134 valence electrons. The van der Waals surface area contributed by atoms with Crippen LogP contribution in [0.15, 0.2) is 45.4 Å². The Bertz CT molecular complexity index is 694. The minimum absolute atomic E-state index is 0.0301. The van der Waals surface area contributed by atoms with Gasteiger partial charge >= 0.3 is 0 Å². The first-order chi connectivity index (χ1) is 12.2. The van der Waals surface area contributed by atoms with Gasteiger partial charge in [0.15, 0.2) is 0 Å². The summed E-state index contributed by atoms with van der Waals surface area (Å²) in [5.41, 5.74) is 0.841. The summed E-state index contributed by atoms with van der Waals surface area (Å²) in [5.74, 6) is 0.799. The smallest absolute Gasteiger partial charge is 0.257 e. The summed E-state index contributed by atoms with van der Waals surface area (Å²) in [5, 5.41) is 8.33. The van der Waals surface area contributed by atoms with Crippen LogP contribution in [0, 0.1) is 0 Å². The van der Waals surface area contributed by atoms with Crippen molar-refractivity contribution in [1.29, 1.82) is 0 Å². The van der Waals surface area contributed by atoms with Gasteiger partial charge in [0.05, 0.1) is 18.8 Å². The SMILES string of the molecule is CCCCN(CC)CC(=O)N1N=C(c2ccco2)CC1c1cccs1. The third kappa shape index (κ3) is 4.19. The number of rotatable bonds is 8. The molecule has 1 aliphatic rings. The Morgan fingerprint density at radius 1 is 1.40 bits per heavy atom. The van der Waals surface area contributed by atoms with Gasteiger partial charge in [0.25, 0.3) is 5.91 Å². The lowest BCUT2D eigenvalue weighted by Gasteiger charge is -2.25. The second kappa shape index (κ2) is 8.45. The molecular weight excluding hydrogens is 334 g/mol. The topological polar surface area (TPSA) is 49.1 Å². The molecule has 0 bridgehead atoms. The molecule has 6 heteroatoms. The Balaban J connectivity index is 1.77. The van der Waals surface area contributed by atoms with Gasteiger partial charge in [-0.3, -0.25) is 9.69 Å². The van der Waals surface area contributed by atoms with Crippen molar-refractivity contribution >= 4 is 23.0 Å². The van der Waals surface area contributed by atoms with Gasteiger partial charge in [0.1, 0.15) is 11.5 Å². The summed E-state index contributed by atoms with van der Waals surface area (Å²) < 4.78 is 5.49. The predicted octanol–water partition coefficient (Wildman–Crippen LogP) is 4.14. The molecule has 0 N–H and O–H groups in total. The van der Waals surface area contributed by atoms with E-state index in [0.717, 1.165) is 42.3 Å². The second-order valence-electron chi connectivity index (χ2n) is 6.22. The first-order valence-corrected chi connectivity index (χ1v) is 9.80. The molecule has 1 unspecified atom stereocenters. The monoisotopic (exact) mass is 359 g/mol. The highest BCUT2D eigenvalue weighted by atomic mass is 32.1. The second-order valence-corrected chi connectivity index (χ2v) is 7.20. The van der Waals surface area contributed by atoms with E-state index in [4.69, 9.17) is 4.42 Å². The number of hydrogen-bond donors (Lipinski definition) is 0. The van der Waals surface area contributed by atoms with Crippen LogP contribution in [-0.2, 0) is 4.79 Å². The Kier molecular flexibility index (Phi) is 6.04. The summed E-state index contributed by atoms with van der Waals surface area (Å²) in [7, 11) is 0. The standard InChI is InChI=1S/C19H25N3O2S/c1-3-5-10-21(4-2)14-19(23)22-16(18-9-7-12-25-18)13-15(20-22)17-8-6-11-24-17/h6-9,11-12,16H,3-5,10,13-14H2,1-2H3. The molecule has 1 atom stereocenters. The van der Waals surface area contributed by atoms with Crippen LogP contribution in [0.4, 0.5) is 0 Å². The highest BCUT2D eigenvalue weighted by Crippen LogP contribution is 2.35. The maximum absolute atomic E-state index is 12.9. The Morgan fingerprint density at radius 2 is 2.28 bits per heavy atom. The minimum Gasteiger partial charge on any atom is -0.463 e. The molecule has 0 radical (unpaired) electrons. The summed E-state index contributed by atoms with van der Waals surface area (Å²) in [4.78, 5) is 16.3. The molecule has 25 heavy (non-hydrogen) atoms. The lowest BCUT2D eigenvalue weighted by atomic mass is 10.1. The average Bonchev–Trinajstić information content (AvgIpc) is 3.37. The van der Waals surface area contributed by atoms with E-state index in [1.54, 1.807) is 22.6 Å². The van der Waals surface area contributed by atoms with E-state index in [9.17, 15) is 4.79 Å². The molecule has 0 spiro atoms. The van der Waals surface area contributed by atoms with E-state index in [0.29, 0.717) is 13.0 Å². The Labute approximate surface area is 152 Å². The highest BCUT2D eigenvalue weighted by Gasteiger charge is 2.34. The third-order valence-electron chi connectivity index (χ3n) is 4.48. The Morgan fingerprint density at radius 3 is 2.92 bits per heavy atom. The van der Waals surface area contributed by atoms with E-state index in [-0.39, 0.29) is 11.9 Å². The van der Waals surface area contributed by atoms with Crippen molar-refractivity contribution < 1.29 is 9.21 Å². The van der Waals surface area contributed by atoms with Crippen molar-refractivity contribution in [2.24, 2.45) is 5.10 Å². The fourth-order valence-corrected chi connectivity index (χ4v) is 3.84. The molecule has 0 aliphatic carbocycles. The van der Waals surface area contributed by atoms with Crippen molar-refractivity contribution in [2.75, 3.05) is 19.6 Å². The maximum atomic E-state index is 12.9. The molecule has 3 heterocycles. The van der Waals surface area contributed by atoms with Crippen LogP contribution >= 0.6 is 11.3 Å². The number of hydrogen-bond acceptors (Lipinski definition) is 5. The summed E-state index contributed by atoms with van der Waals surface area (Å²) in [6.07, 6.45) is 4.58. The van der Waals surface area contributed by atoms with Gasteiger partial charge in [0.2, 0.25) is 0 Å². The first-order valence-electron chi connectivity index (χ1n) is 8.92. The molecule has 2 aromatic heterocycles. The van der Waals surface area contributed by atoms with E-state index in [1.807, 2.05) is 23.6 Å². The lowest BCUT2D eigenvalue weighted by molar-refractivity contribution is -0.134. The number of furan rings is 1. The van der Waals surface area contributed by atoms with Crippen LogP contribution in [0.2, 0.25) is 0 Å². The van der Waals surface area contributed by atoms with Crippen LogP contribution in [0.3, 0.4) is 0 Å². The quantitative estimate of drug-likeness (QED) is 0.712. The van der Waals surface area contributed by atoms with Gasteiger partial charge in [-0.15, -0.1) is 11.3 Å². The molecule has 0 saturated carbocycles. The minimum atomic E-state index is -0.0301. The van der Waals surface area contributed by atoms with Crippen LogP contribution in [-0.4, -0.2) is 41.2 Å². The molecule has 3 rings (SSSR count). The molecular formula is C19H25N3O2S. The van der Waals surface area contributed by atoms with Crippen molar-refractivity contribution in [3.05, 3.63) is 46.5 Å². The number of carbonyl (C=O) groups excluding carboxylic acids is 1. The summed E-state index contributed by atoms with van der Waals surface area (Å²) in [6, 6.07) is 7.82. The normalized spacial score (nSPS) is 17.3. The number of carbonyl (C=O) groups is 1. The largest absolute Gasteiger partial charge is 0.463 e. The van der Waals surface area contributed by atoms with Crippen LogP contribution < -0.4 is 0 Å². The van der Waals surface area contributed by atoms with Crippen LogP contribution in [0.1, 0.15) is 49.8 Å². The number of nitrogens with zero attached hydrogens (tertiary/aromatic N) is 3. The van der Waals surface area contributed by atoms with E-state index in [1.165, 1.54) is 0 Å². The zero-order chi connectivity index (χ0) is 17.6. The maximum Gasteiger partial charge on any atom is 0.257 e. The molecule has 2 aromatic rings. The zero-order valence-electron chi connectivity index (χ0n) is 14.9. The van der Waals surface area contributed by atoms with Gasteiger partial charge in [-0.1, -0.05) is 26.3 Å². The van der Waals surface area contributed by atoms with E-state index < -0.39 is 0 Å². The third-order valence-corrected chi connectivity index (χ3v) is 5.45. The zero-order valence-corrected chi connectivity index (χ0v) is 15.7. The number of thiophene rings is 1. The lowest BCUT2D eigenvalue weighted by Crippen LogP contribution is -2.38. The molecule has 0 fully saturated rings.